The van der Waals surface area contributed by atoms with Gasteiger partial charge in [-0.25, -0.2) is 0 Å². The van der Waals surface area contributed by atoms with Crippen LogP contribution in [0.15, 0.2) is 12.3 Å². The fourth-order valence-electron chi connectivity index (χ4n) is 0.915. The highest BCUT2D eigenvalue weighted by Crippen LogP contribution is 2.22. The van der Waals surface area contributed by atoms with Gasteiger partial charge >= 0.3 is 6.18 Å². The zero-order valence-electron chi connectivity index (χ0n) is 6.91. The number of halogens is 3. The maximum Gasteiger partial charge on any atom is 0.414 e. The van der Waals surface area contributed by atoms with Crippen molar-refractivity contribution in [2.75, 3.05) is 0 Å². The molecule has 0 bridgehead atoms. The summed E-state index contributed by atoms with van der Waals surface area (Å²) in [6.07, 6.45) is -5.95. The molecule has 0 saturated carbocycles. The molecular weight excluding hydrogens is 185 g/mol. The smallest absolute Gasteiger partial charge is 0.383 e. The maximum absolute atomic E-state index is 11.9. The van der Waals surface area contributed by atoms with Crippen LogP contribution in [0.3, 0.4) is 0 Å². The Bertz CT molecular complexity index is 282. The first-order chi connectivity index (χ1) is 5.91. The molecule has 0 saturated heterocycles. The van der Waals surface area contributed by atoms with E-state index < -0.39 is 18.7 Å². The van der Waals surface area contributed by atoms with Crippen LogP contribution in [0.2, 0.25) is 0 Å². The lowest BCUT2D eigenvalue weighted by molar-refractivity contribution is -0.203. The second-order valence-electron chi connectivity index (χ2n) is 2.71. The third-order valence-corrected chi connectivity index (χ3v) is 1.70. The van der Waals surface area contributed by atoms with Gasteiger partial charge in [-0.3, -0.25) is 4.68 Å². The van der Waals surface area contributed by atoms with Gasteiger partial charge in [-0.05, 0) is 6.07 Å². The second-order valence-corrected chi connectivity index (χ2v) is 2.71. The number of aromatic nitrogens is 2. The summed E-state index contributed by atoms with van der Waals surface area (Å²) in [6, 6.07) is 1.44. The van der Waals surface area contributed by atoms with Crippen LogP contribution in [0.4, 0.5) is 13.2 Å². The molecule has 3 nitrogen and oxygen atoms in total. The first-order valence-corrected chi connectivity index (χ1v) is 3.63. The van der Waals surface area contributed by atoms with Crippen molar-refractivity contribution >= 4 is 0 Å². The van der Waals surface area contributed by atoms with Gasteiger partial charge < -0.3 is 5.11 Å². The van der Waals surface area contributed by atoms with Crippen LogP contribution in [0, 0.1) is 0 Å². The molecule has 1 heterocycles. The quantitative estimate of drug-likeness (QED) is 0.759. The Balaban J connectivity index is 2.65. The molecule has 0 aliphatic heterocycles. The van der Waals surface area contributed by atoms with Gasteiger partial charge in [-0.15, -0.1) is 0 Å². The fraction of sp³-hybridized carbons (Fsp3) is 0.571. The molecule has 0 amide bonds. The predicted octanol–water partition coefficient (Wildman–Crippen LogP) is 0.886. The van der Waals surface area contributed by atoms with Crippen molar-refractivity contribution in [3.05, 3.63) is 18.0 Å². The Labute approximate surface area is 72.8 Å². The maximum atomic E-state index is 11.9. The number of aliphatic hydroxyl groups excluding tert-OH is 1. The molecule has 1 aromatic heterocycles. The molecule has 1 rings (SSSR count). The van der Waals surface area contributed by atoms with E-state index in [1.54, 1.807) is 0 Å². The largest absolute Gasteiger partial charge is 0.414 e. The standard InChI is InChI=1S/C7H9F3N2O/c1-12-5(2-3-11-12)4-6(13)7(8,9)10/h2-3,6,13H,4H2,1H3. The minimum atomic E-state index is -4.57. The molecular formula is C7H9F3N2O. The average molecular weight is 194 g/mol. The van der Waals surface area contributed by atoms with Crippen LogP contribution in [0.25, 0.3) is 0 Å². The zero-order chi connectivity index (χ0) is 10.1. The third kappa shape index (κ3) is 2.45. The first kappa shape index (κ1) is 10.0. The Kier molecular flexibility index (Phi) is 2.60. The molecule has 0 aliphatic rings. The number of hydrogen-bond acceptors (Lipinski definition) is 2. The summed E-state index contributed by atoms with van der Waals surface area (Å²) in [5, 5.41) is 12.4. The molecule has 0 spiro atoms. The lowest BCUT2D eigenvalue weighted by Crippen LogP contribution is -2.31. The number of aryl methyl sites for hydroxylation is 1. The van der Waals surface area contributed by atoms with Crippen molar-refractivity contribution < 1.29 is 18.3 Å². The number of hydrogen-bond donors (Lipinski definition) is 1. The molecule has 74 valence electrons. The van der Waals surface area contributed by atoms with Crippen molar-refractivity contribution in [2.45, 2.75) is 18.7 Å². The van der Waals surface area contributed by atoms with Gasteiger partial charge in [0, 0.05) is 25.4 Å². The lowest BCUT2D eigenvalue weighted by atomic mass is 10.2. The monoisotopic (exact) mass is 194 g/mol. The van der Waals surface area contributed by atoms with Crippen LogP contribution in [-0.4, -0.2) is 27.2 Å². The summed E-state index contributed by atoms with van der Waals surface area (Å²) in [7, 11) is 1.53. The van der Waals surface area contributed by atoms with Gasteiger partial charge in [0.1, 0.15) is 0 Å². The minimum Gasteiger partial charge on any atom is -0.383 e. The Morgan fingerprint density at radius 3 is 2.62 bits per heavy atom. The predicted molar refractivity (Wildman–Crippen MR) is 39.0 cm³/mol. The van der Waals surface area contributed by atoms with E-state index in [9.17, 15) is 13.2 Å². The SMILES string of the molecule is Cn1nccc1CC(O)C(F)(F)F. The van der Waals surface area contributed by atoms with Gasteiger partial charge in [0.05, 0.1) is 0 Å². The lowest BCUT2D eigenvalue weighted by Gasteiger charge is -2.13. The van der Waals surface area contributed by atoms with E-state index in [2.05, 4.69) is 5.10 Å². The van der Waals surface area contributed by atoms with E-state index in [-0.39, 0.29) is 0 Å². The number of alkyl halides is 3. The summed E-state index contributed by atoms with van der Waals surface area (Å²) in [5.41, 5.74) is 0.352. The van der Waals surface area contributed by atoms with Crippen LogP contribution in [0.1, 0.15) is 5.69 Å². The summed E-state index contributed by atoms with van der Waals surface area (Å²) >= 11 is 0. The normalized spacial score (nSPS) is 14.5. The highest BCUT2D eigenvalue weighted by Gasteiger charge is 2.38. The summed E-state index contributed by atoms with van der Waals surface area (Å²) in [5.74, 6) is 0. The molecule has 1 unspecified atom stereocenters. The fourth-order valence-corrected chi connectivity index (χ4v) is 0.915. The van der Waals surface area contributed by atoms with E-state index >= 15 is 0 Å². The van der Waals surface area contributed by atoms with Crippen molar-refractivity contribution in [1.82, 2.24) is 9.78 Å². The summed E-state index contributed by atoms with van der Waals surface area (Å²) in [4.78, 5) is 0. The van der Waals surface area contributed by atoms with Gasteiger partial charge in [0.25, 0.3) is 0 Å². The topological polar surface area (TPSA) is 38.0 Å². The van der Waals surface area contributed by atoms with Crippen LogP contribution >= 0.6 is 0 Å². The molecule has 0 fully saturated rings. The van der Waals surface area contributed by atoms with Crippen LogP contribution < -0.4 is 0 Å². The third-order valence-electron chi connectivity index (χ3n) is 1.70. The van der Waals surface area contributed by atoms with Crippen molar-refractivity contribution in [2.24, 2.45) is 7.05 Å². The van der Waals surface area contributed by atoms with E-state index in [1.807, 2.05) is 0 Å². The Hall–Kier alpha value is -1.04. The molecule has 0 aromatic carbocycles. The van der Waals surface area contributed by atoms with Crippen LogP contribution in [0.5, 0.6) is 0 Å². The minimum absolute atomic E-state index is 0.352. The van der Waals surface area contributed by atoms with Crippen molar-refractivity contribution in [3.63, 3.8) is 0 Å². The van der Waals surface area contributed by atoms with E-state index in [4.69, 9.17) is 5.11 Å². The van der Waals surface area contributed by atoms with Crippen LogP contribution in [-0.2, 0) is 13.5 Å². The molecule has 1 N–H and O–H groups in total. The molecule has 1 atom stereocenters. The molecule has 0 radical (unpaired) electrons. The second kappa shape index (κ2) is 3.37. The molecule has 1 aromatic rings. The number of rotatable bonds is 2. The van der Waals surface area contributed by atoms with Gasteiger partial charge in [0.15, 0.2) is 6.10 Å². The van der Waals surface area contributed by atoms with E-state index in [0.29, 0.717) is 5.69 Å². The Morgan fingerprint density at radius 2 is 2.23 bits per heavy atom. The molecule has 0 aliphatic carbocycles. The molecule has 13 heavy (non-hydrogen) atoms. The highest BCUT2D eigenvalue weighted by molar-refractivity contribution is 5.02. The van der Waals surface area contributed by atoms with E-state index in [1.165, 1.54) is 24.0 Å². The van der Waals surface area contributed by atoms with Gasteiger partial charge in [-0.1, -0.05) is 0 Å². The van der Waals surface area contributed by atoms with Gasteiger partial charge in [-0.2, -0.15) is 18.3 Å². The van der Waals surface area contributed by atoms with Crippen molar-refractivity contribution in [3.8, 4) is 0 Å². The number of aliphatic hydroxyl groups is 1. The highest BCUT2D eigenvalue weighted by atomic mass is 19.4. The van der Waals surface area contributed by atoms with Gasteiger partial charge in [0.2, 0.25) is 0 Å². The zero-order valence-corrected chi connectivity index (χ0v) is 6.91. The first-order valence-electron chi connectivity index (χ1n) is 3.63. The average Bonchev–Trinajstić information content (AvgIpc) is 2.34. The summed E-state index contributed by atoms with van der Waals surface area (Å²) in [6.45, 7) is 0. The van der Waals surface area contributed by atoms with Crippen molar-refractivity contribution in [1.29, 1.82) is 0 Å². The molecule has 6 heteroatoms. The summed E-state index contributed by atoms with van der Waals surface area (Å²) < 4.78 is 37.0. The number of nitrogens with zero attached hydrogens (tertiary/aromatic N) is 2. The van der Waals surface area contributed by atoms with E-state index in [0.717, 1.165) is 0 Å². The Morgan fingerprint density at radius 1 is 1.62 bits per heavy atom.